The SMILES string of the molecule is CCN(CCNC(=O)[C@H]1O[C@@H](n2cnc3c(N)ncnc32)[C@H](OP(=O)(O)O)[C@@H]1O)c1ccc(/C=C\c2ccc([N+](=O)[O-])cc2)cc1. The van der Waals surface area contributed by atoms with Gasteiger partial charge in [-0.05, 0) is 42.3 Å². The Morgan fingerprint density at radius 3 is 2.41 bits per heavy atom. The number of nitrogens with one attached hydrogen (secondary N) is 1. The van der Waals surface area contributed by atoms with Crippen LogP contribution in [-0.2, 0) is 18.6 Å². The van der Waals surface area contributed by atoms with Crippen molar-refractivity contribution < 1.29 is 38.4 Å². The molecule has 0 spiro atoms. The number of carbonyl (C=O) groups excluding carboxylic acids is 1. The minimum absolute atomic E-state index is 0.0244. The van der Waals surface area contributed by atoms with Gasteiger partial charge < -0.3 is 35.6 Å². The van der Waals surface area contributed by atoms with Crippen molar-refractivity contribution in [3.05, 3.63) is 82.4 Å². The van der Waals surface area contributed by atoms with E-state index in [-0.39, 0.29) is 29.2 Å². The molecule has 0 radical (unpaired) electrons. The first-order chi connectivity index (χ1) is 21.9. The summed E-state index contributed by atoms with van der Waals surface area (Å²) in [4.78, 5) is 56.5. The molecule has 242 valence electrons. The number of aliphatic hydroxyl groups excluding tert-OH is 1. The number of hydrogen-bond donors (Lipinski definition) is 5. The van der Waals surface area contributed by atoms with Crippen molar-refractivity contribution in [3.8, 4) is 0 Å². The van der Waals surface area contributed by atoms with Crippen LogP contribution in [0.5, 0.6) is 0 Å². The smallest absolute Gasteiger partial charge is 0.387 e. The summed E-state index contributed by atoms with van der Waals surface area (Å²) in [5.74, 6) is -0.659. The van der Waals surface area contributed by atoms with Crippen molar-refractivity contribution in [2.45, 2.75) is 31.5 Å². The van der Waals surface area contributed by atoms with Gasteiger partial charge in [-0.2, -0.15) is 0 Å². The summed E-state index contributed by atoms with van der Waals surface area (Å²) in [7, 11) is -5.12. The number of phosphoric acid groups is 1. The van der Waals surface area contributed by atoms with Crippen molar-refractivity contribution in [2.75, 3.05) is 30.3 Å². The van der Waals surface area contributed by atoms with Gasteiger partial charge >= 0.3 is 7.82 Å². The lowest BCUT2D eigenvalue weighted by molar-refractivity contribution is -0.384. The molecule has 2 aromatic carbocycles. The Kier molecular flexibility index (Phi) is 9.71. The maximum absolute atomic E-state index is 13.1. The molecule has 4 aromatic rings. The van der Waals surface area contributed by atoms with E-state index in [0.29, 0.717) is 13.1 Å². The molecule has 0 bridgehead atoms. The molecule has 0 unspecified atom stereocenters. The Balaban J connectivity index is 1.21. The molecule has 5 rings (SSSR count). The standard InChI is InChI=1S/C28H31N8O9P/c1-2-34(19-9-5-17(6-10-19)3-4-18-7-11-20(12-8-18)36(39)40)14-13-30-27(38)23-22(37)24(45-46(41,42)43)28(44-23)35-16-33-21-25(29)31-15-32-26(21)35/h3-12,15-16,22-24,28,37H,2,13-14H2,1H3,(H,30,38)(H2,29,31,32)(H2,41,42,43)/b4-3-/t22-,23+,24-,28-/m1/s1. The predicted octanol–water partition coefficient (Wildman–Crippen LogP) is 1.87. The number of nitrogens with two attached hydrogens (primary N) is 1. The number of likely N-dealkylation sites (N-methyl/N-ethyl adjacent to an activating group) is 1. The van der Waals surface area contributed by atoms with E-state index in [2.05, 4.69) is 20.3 Å². The molecule has 4 atom stereocenters. The average molecular weight is 655 g/mol. The van der Waals surface area contributed by atoms with Crippen LogP contribution in [0.4, 0.5) is 17.2 Å². The van der Waals surface area contributed by atoms with Crippen LogP contribution in [0.15, 0.2) is 61.2 Å². The Bertz CT molecular complexity index is 1780. The zero-order valence-electron chi connectivity index (χ0n) is 24.4. The Labute approximate surface area is 261 Å². The molecule has 0 saturated carbocycles. The number of aliphatic hydroxyl groups is 1. The van der Waals surface area contributed by atoms with Crippen molar-refractivity contribution in [1.82, 2.24) is 24.8 Å². The summed E-state index contributed by atoms with van der Waals surface area (Å²) < 4.78 is 23.6. The summed E-state index contributed by atoms with van der Waals surface area (Å²) in [6.45, 7) is 3.13. The second-order valence-electron chi connectivity index (χ2n) is 10.2. The maximum Gasteiger partial charge on any atom is 0.470 e. The number of imidazole rings is 1. The monoisotopic (exact) mass is 654 g/mol. The quantitative estimate of drug-likeness (QED) is 0.0634. The molecule has 2 aromatic heterocycles. The molecule has 3 heterocycles. The average Bonchev–Trinajstić information content (AvgIpc) is 3.59. The van der Waals surface area contributed by atoms with E-state index >= 15 is 0 Å². The first kappa shape index (κ1) is 32.6. The van der Waals surface area contributed by atoms with E-state index in [4.69, 9.17) is 15.0 Å². The largest absolute Gasteiger partial charge is 0.470 e. The molecule has 18 heteroatoms. The van der Waals surface area contributed by atoms with E-state index in [1.54, 1.807) is 12.1 Å². The molecule has 0 aliphatic carbocycles. The Morgan fingerprint density at radius 2 is 1.80 bits per heavy atom. The number of nitrogen functional groups attached to an aromatic ring is 1. The van der Waals surface area contributed by atoms with Gasteiger partial charge in [0.1, 0.15) is 24.1 Å². The number of fused-ring (bicyclic) bond motifs is 1. The summed E-state index contributed by atoms with van der Waals surface area (Å²) >= 11 is 0. The van der Waals surface area contributed by atoms with E-state index < -0.39 is 43.2 Å². The zero-order chi connectivity index (χ0) is 33.0. The van der Waals surface area contributed by atoms with Gasteiger partial charge in [-0.15, -0.1) is 0 Å². The van der Waals surface area contributed by atoms with Crippen molar-refractivity contribution in [2.24, 2.45) is 0 Å². The van der Waals surface area contributed by atoms with Crippen LogP contribution in [-0.4, -0.2) is 83.2 Å². The second-order valence-corrected chi connectivity index (χ2v) is 11.4. The van der Waals surface area contributed by atoms with Gasteiger partial charge in [-0.3, -0.25) is 24.0 Å². The molecule has 1 aliphatic heterocycles. The highest BCUT2D eigenvalue weighted by Crippen LogP contribution is 2.45. The van der Waals surface area contributed by atoms with Crippen molar-refractivity contribution >= 4 is 54.2 Å². The molecule has 17 nitrogen and oxygen atoms in total. The van der Waals surface area contributed by atoms with E-state index in [9.17, 15) is 34.4 Å². The van der Waals surface area contributed by atoms with Gasteiger partial charge in [0, 0.05) is 37.5 Å². The number of amides is 1. The minimum Gasteiger partial charge on any atom is -0.387 e. The highest BCUT2D eigenvalue weighted by molar-refractivity contribution is 7.46. The highest BCUT2D eigenvalue weighted by Gasteiger charge is 2.51. The fraction of sp³-hybridized carbons (Fsp3) is 0.286. The lowest BCUT2D eigenvalue weighted by atomic mass is 10.1. The van der Waals surface area contributed by atoms with E-state index in [1.165, 1.54) is 23.0 Å². The van der Waals surface area contributed by atoms with E-state index in [0.717, 1.165) is 23.1 Å². The topological polar surface area (TPSA) is 241 Å². The number of carbonyl (C=O) groups is 1. The summed E-state index contributed by atoms with van der Waals surface area (Å²) in [6.07, 6.45) is -0.167. The number of ether oxygens (including phenoxy) is 1. The van der Waals surface area contributed by atoms with Crippen LogP contribution in [0.25, 0.3) is 23.3 Å². The number of aromatic nitrogens is 4. The molecular weight excluding hydrogens is 623 g/mol. The van der Waals surface area contributed by atoms with Crippen LogP contribution in [0.2, 0.25) is 0 Å². The Morgan fingerprint density at radius 1 is 1.15 bits per heavy atom. The number of benzene rings is 2. The van der Waals surface area contributed by atoms with Crippen LogP contribution in [0.3, 0.4) is 0 Å². The molecular formula is C28H31N8O9P. The molecule has 6 N–H and O–H groups in total. The first-order valence-corrected chi connectivity index (χ1v) is 15.5. The van der Waals surface area contributed by atoms with Gasteiger partial charge in [-0.1, -0.05) is 24.3 Å². The number of anilines is 2. The number of nitro groups is 1. The van der Waals surface area contributed by atoms with Crippen molar-refractivity contribution in [1.29, 1.82) is 0 Å². The lowest BCUT2D eigenvalue weighted by Gasteiger charge is -2.24. The molecule has 46 heavy (non-hydrogen) atoms. The third kappa shape index (κ3) is 7.37. The summed E-state index contributed by atoms with van der Waals surface area (Å²) in [6, 6.07) is 13.9. The van der Waals surface area contributed by atoms with Gasteiger partial charge in [0.15, 0.2) is 23.8 Å². The molecule has 1 fully saturated rings. The predicted molar refractivity (Wildman–Crippen MR) is 166 cm³/mol. The molecule has 1 aliphatic rings. The fourth-order valence-electron chi connectivity index (χ4n) is 5.00. The second kappa shape index (κ2) is 13.7. The van der Waals surface area contributed by atoms with Gasteiger partial charge in [-0.25, -0.2) is 19.5 Å². The van der Waals surface area contributed by atoms with Gasteiger partial charge in [0.05, 0.1) is 11.3 Å². The van der Waals surface area contributed by atoms with Crippen LogP contribution in [0, 0.1) is 10.1 Å². The minimum atomic E-state index is -5.12. The third-order valence-electron chi connectivity index (χ3n) is 7.29. The molecule has 1 saturated heterocycles. The summed E-state index contributed by atoms with van der Waals surface area (Å²) in [5.41, 5.74) is 8.83. The zero-order valence-corrected chi connectivity index (χ0v) is 25.3. The number of non-ortho nitro benzene ring substituents is 1. The molecule has 1 amide bonds. The van der Waals surface area contributed by atoms with Gasteiger partial charge in [0.2, 0.25) is 0 Å². The first-order valence-electron chi connectivity index (χ1n) is 14.0. The third-order valence-corrected chi connectivity index (χ3v) is 7.80. The maximum atomic E-state index is 13.1. The van der Waals surface area contributed by atoms with Crippen LogP contribution >= 0.6 is 7.82 Å². The van der Waals surface area contributed by atoms with Crippen LogP contribution < -0.4 is 16.0 Å². The number of hydrogen-bond acceptors (Lipinski definition) is 12. The normalized spacial score (nSPS) is 19.9. The summed E-state index contributed by atoms with van der Waals surface area (Å²) in [5, 5.41) is 24.4. The van der Waals surface area contributed by atoms with Crippen molar-refractivity contribution in [3.63, 3.8) is 0 Å². The number of nitro benzene ring substituents is 1. The number of nitrogens with zero attached hydrogens (tertiary/aromatic N) is 6. The lowest BCUT2D eigenvalue weighted by Crippen LogP contribution is -2.45. The fourth-order valence-corrected chi connectivity index (χ4v) is 5.55. The Hall–Kier alpha value is -4.77. The van der Waals surface area contributed by atoms with Gasteiger partial charge in [0.25, 0.3) is 11.6 Å². The van der Waals surface area contributed by atoms with E-state index in [1.807, 2.05) is 48.2 Å². The number of rotatable bonds is 12. The highest BCUT2D eigenvalue weighted by atomic mass is 31.2. The number of phosphoric ester groups is 1. The van der Waals surface area contributed by atoms with Crippen LogP contribution in [0.1, 0.15) is 24.3 Å².